The number of H-pyrrole nitrogens is 1. The summed E-state index contributed by atoms with van der Waals surface area (Å²) >= 11 is 0. The Balaban J connectivity index is 1.52. The first-order valence-electron chi connectivity index (χ1n) is 9.41. The number of aromatic hydroxyl groups is 1. The Hall–Kier alpha value is -3.38. The first-order valence-corrected chi connectivity index (χ1v) is 9.41. The van der Waals surface area contributed by atoms with Crippen molar-refractivity contribution in [1.82, 2.24) is 24.4 Å². The summed E-state index contributed by atoms with van der Waals surface area (Å²) in [5, 5.41) is 10.0. The SMILES string of the molecule is Oc1cccc([C@@H]2c3nc[nH]c3CCN2Cc2cccn2-c2cccnc2)c1. The van der Waals surface area contributed by atoms with Crippen LogP contribution in [0.25, 0.3) is 5.69 Å². The zero-order valence-corrected chi connectivity index (χ0v) is 15.4. The van der Waals surface area contributed by atoms with E-state index < -0.39 is 0 Å². The van der Waals surface area contributed by atoms with Crippen molar-refractivity contribution in [2.45, 2.75) is 19.0 Å². The van der Waals surface area contributed by atoms with Crippen molar-refractivity contribution in [3.05, 3.63) is 96.1 Å². The number of phenolic OH excluding ortho intramolecular Hbond substituents is 1. The van der Waals surface area contributed by atoms with E-state index in [1.54, 1.807) is 18.6 Å². The maximum absolute atomic E-state index is 10.0. The fourth-order valence-electron chi connectivity index (χ4n) is 4.06. The fraction of sp³-hybridized carbons (Fsp3) is 0.182. The van der Waals surface area contributed by atoms with Crippen LogP contribution in [0.3, 0.4) is 0 Å². The Morgan fingerprint density at radius 1 is 1.14 bits per heavy atom. The number of fused-ring (bicyclic) bond motifs is 1. The number of aromatic amines is 1. The van der Waals surface area contributed by atoms with E-state index >= 15 is 0 Å². The van der Waals surface area contributed by atoms with E-state index in [-0.39, 0.29) is 11.8 Å². The van der Waals surface area contributed by atoms with E-state index in [9.17, 15) is 5.11 Å². The topological polar surface area (TPSA) is 70.0 Å². The molecule has 0 spiro atoms. The third kappa shape index (κ3) is 2.97. The highest BCUT2D eigenvalue weighted by Crippen LogP contribution is 2.35. The monoisotopic (exact) mass is 371 g/mol. The summed E-state index contributed by atoms with van der Waals surface area (Å²) in [4.78, 5) is 14.5. The average molecular weight is 371 g/mol. The summed E-state index contributed by atoms with van der Waals surface area (Å²) in [5.74, 6) is 0.277. The highest BCUT2D eigenvalue weighted by molar-refractivity contribution is 5.37. The summed E-state index contributed by atoms with van der Waals surface area (Å²) < 4.78 is 2.17. The van der Waals surface area contributed by atoms with Crippen molar-refractivity contribution >= 4 is 0 Å². The lowest BCUT2D eigenvalue weighted by atomic mass is 9.95. The van der Waals surface area contributed by atoms with Crippen LogP contribution >= 0.6 is 0 Å². The van der Waals surface area contributed by atoms with Gasteiger partial charge in [0.2, 0.25) is 0 Å². The minimum atomic E-state index is -0.000603. The quantitative estimate of drug-likeness (QED) is 0.576. The van der Waals surface area contributed by atoms with Crippen molar-refractivity contribution in [3.63, 3.8) is 0 Å². The van der Waals surface area contributed by atoms with Gasteiger partial charge in [0.15, 0.2) is 0 Å². The molecule has 4 heterocycles. The summed E-state index contributed by atoms with van der Waals surface area (Å²) in [7, 11) is 0. The zero-order chi connectivity index (χ0) is 18.9. The number of rotatable bonds is 4. The predicted octanol–water partition coefficient (Wildman–Crippen LogP) is 3.45. The van der Waals surface area contributed by atoms with E-state index in [4.69, 9.17) is 0 Å². The highest BCUT2D eigenvalue weighted by Gasteiger charge is 2.31. The number of aromatic nitrogens is 4. The molecule has 4 aromatic rings. The molecule has 0 saturated carbocycles. The number of phenols is 1. The molecule has 0 saturated heterocycles. The van der Waals surface area contributed by atoms with Gasteiger partial charge < -0.3 is 14.7 Å². The Morgan fingerprint density at radius 3 is 2.96 bits per heavy atom. The summed E-state index contributed by atoms with van der Waals surface area (Å²) in [6.45, 7) is 1.68. The number of nitrogens with one attached hydrogen (secondary N) is 1. The first-order chi connectivity index (χ1) is 13.8. The lowest BCUT2D eigenvalue weighted by molar-refractivity contribution is 0.196. The summed E-state index contributed by atoms with van der Waals surface area (Å²) in [6, 6.07) is 15.7. The molecule has 2 N–H and O–H groups in total. The van der Waals surface area contributed by atoms with Gasteiger partial charge in [0.05, 0.1) is 29.9 Å². The second kappa shape index (κ2) is 6.98. The van der Waals surface area contributed by atoms with Gasteiger partial charge in [0, 0.05) is 43.3 Å². The van der Waals surface area contributed by atoms with Gasteiger partial charge in [-0.1, -0.05) is 12.1 Å². The summed E-state index contributed by atoms with van der Waals surface area (Å²) in [5.41, 5.74) is 5.50. The fourth-order valence-corrected chi connectivity index (χ4v) is 4.06. The van der Waals surface area contributed by atoms with Crippen LogP contribution < -0.4 is 0 Å². The Kier molecular flexibility index (Phi) is 4.18. The van der Waals surface area contributed by atoms with Crippen LogP contribution in [-0.2, 0) is 13.0 Å². The van der Waals surface area contributed by atoms with Gasteiger partial charge in [-0.3, -0.25) is 9.88 Å². The van der Waals surface area contributed by atoms with E-state index in [0.717, 1.165) is 36.5 Å². The normalized spacial score (nSPS) is 16.8. The highest BCUT2D eigenvalue weighted by atomic mass is 16.3. The van der Waals surface area contributed by atoms with Crippen molar-refractivity contribution < 1.29 is 5.11 Å². The van der Waals surface area contributed by atoms with E-state index in [0.29, 0.717) is 0 Å². The van der Waals surface area contributed by atoms with Crippen molar-refractivity contribution in [3.8, 4) is 11.4 Å². The van der Waals surface area contributed by atoms with Gasteiger partial charge in [-0.2, -0.15) is 0 Å². The molecular formula is C22H21N5O. The number of hydrogen-bond acceptors (Lipinski definition) is 4. The largest absolute Gasteiger partial charge is 0.508 e. The van der Waals surface area contributed by atoms with E-state index in [2.05, 4.69) is 54.9 Å². The molecule has 1 aliphatic heterocycles. The molecule has 6 nitrogen and oxygen atoms in total. The minimum Gasteiger partial charge on any atom is -0.508 e. The lowest BCUT2D eigenvalue weighted by Gasteiger charge is -2.35. The number of hydrogen-bond donors (Lipinski definition) is 2. The number of nitrogens with zero attached hydrogens (tertiary/aromatic N) is 4. The van der Waals surface area contributed by atoms with Crippen LogP contribution in [-0.4, -0.2) is 36.1 Å². The van der Waals surface area contributed by atoms with Crippen molar-refractivity contribution in [2.75, 3.05) is 6.54 Å². The van der Waals surface area contributed by atoms with Crippen LogP contribution in [0.5, 0.6) is 5.75 Å². The van der Waals surface area contributed by atoms with E-state index in [1.807, 2.05) is 24.4 Å². The maximum atomic E-state index is 10.0. The standard InChI is InChI=1S/C22H21N5O/c28-19-7-1-4-16(12-19)22-21-20(24-15-25-21)8-11-26(22)14-18-6-3-10-27(18)17-5-2-9-23-13-17/h1-7,9-10,12-13,15,22,28H,8,11,14H2,(H,24,25)/t22-/m1/s1. The molecule has 0 radical (unpaired) electrons. The smallest absolute Gasteiger partial charge is 0.115 e. The van der Waals surface area contributed by atoms with Crippen LogP contribution in [0.1, 0.15) is 28.7 Å². The van der Waals surface area contributed by atoms with Crippen LogP contribution in [0.15, 0.2) is 73.4 Å². The van der Waals surface area contributed by atoms with Gasteiger partial charge in [0.1, 0.15) is 5.75 Å². The third-order valence-corrected chi connectivity index (χ3v) is 5.33. The molecule has 6 heteroatoms. The second-order valence-corrected chi connectivity index (χ2v) is 7.07. The maximum Gasteiger partial charge on any atom is 0.115 e. The average Bonchev–Trinajstić information content (AvgIpc) is 3.38. The van der Waals surface area contributed by atoms with Gasteiger partial charge in [0.25, 0.3) is 0 Å². The molecule has 3 aromatic heterocycles. The molecule has 5 rings (SSSR count). The summed E-state index contributed by atoms with van der Waals surface area (Å²) in [6.07, 6.45) is 8.42. The first kappa shape index (κ1) is 16.8. The number of imidazole rings is 1. The minimum absolute atomic E-state index is 0.000603. The molecule has 1 aliphatic rings. The van der Waals surface area contributed by atoms with E-state index in [1.165, 1.54) is 11.4 Å². The molecule has 1 atom stereocenters. The van der Waals surface area contributed by atoms with Gasteiger partial charge in [-0.05, 0) is 42.0 Å². The third-order valence-electron chi connectivity index (χ3n) is 5.33. The Labute approximate surface area is 163 Å². The predicted molar refractivity (Wildman–Crippen MR) is 106 cm³/mol. The van der Waals surface area contributed by atoms with Crippen LogP contribution in [0.2, 0.25) is 0 Å². The molecular weight excluding hydrogens is 350 g/mol. The molecule has 28 heavy (non-hydrogen) atoms. The zero-order valence-electron chi connectivity index (χ0n) is 15.4. The molecule has 0 fully saturated rings. The molecule has 0 aliphatic carbocycles. The molecule has 0 bridgehead atoms. The molecule has 1 aromatic carbocycles. The van der Waals surface area contributed by atoms with Crippen LogP contribution in [0.4, 0.5) is 0 Å². The van der Waals surface area contributed by atoms with Gasteiger partial charge >= 0.3 is 0 Å². The Morgan fingerprint density at radius 2 is 2.11 bits per heavy atom. The molecule has 140 valence electrons. The molecule has 0 amide bonds. The van der Waals surface area contributed by atoms with Crippen molar-refractivity contribution in [2.24, 2.45) is 0 Å². The number of benzene rings is 1. The number of pyridine rings is 1. The van der Waals surface area contributed by atoms with Gasteiger partial charge in [-0.25, -0.2) is 4.98 Å². The Bertz CT molecular complexity index is 1090. The second-order valence-electron chi connectivity index (χ2n) is 7.07. The lowest BCUT2D eigenvalue weighted by Crippen LogP contribution is -2.36. The molecule has 0 unspecified atom stereocenters. The van der Waals surface area contributed by atoms with Gasteiger partial charge in [-0.15, -0.1) is 0 Å². The van der Waals surface area contributed by atoms with Crippen molar-refractivity contribution in [1.29, 1.82) is 0 Å². The van der Waals surface area contributed by atoms with Crippen LogP contribution in [0, 0.1) is 0 Å².